The maximum atomic E-state index is 10.8. The first-order valence-electron chi connectivity index (χ1n) is 6.75. The summed E-state index contributed by atoms with van der Waals surface area (Å²) in [4.78, 5) is 14.5. The number of rotatable bonds is 3. The molecule has 0 radical (unpaired) electrons. The molecule has 23 heavy (non-hydrogen) atoms. The van der Waals surface area contributed by atoms with Gasteiger partial charge in [0, 0.05) is 23.9 Å². The van der Waals surface area contributed by atoms with Crippen molar-refractivity contribution < 1.29 is 10.0 Å². The normalized spacial score (nSPS) is 11.2. The van der Waals surface area contributed by atoms with Crippen LogP contribution in [0, 0.1) is 10.1 Å². The summed E-state index contributed by atoms with van der Waals surface area (Å²) in [6.07, 6.45) is 1.46. The highest BCUT2D eigenvalue weighted by Crippen LogP contribution is 2.31. The standard InChI is InChI=1S/C17H11ClN2O3/c18-15-7-6-12(20(22)23)9-16(15)19-10-14-13-4-2-1-3-11(13)5-8-17(14)21/h1-10,21H. The van der Waals surface area contributed by atoms with Crippen LogP contribution >= 0.6 is 11.6 Å². The van der Waals surface area contributed by atoms with Crippen molar-refractivity contribution in [1.82, 2.24) is 0 Å². The minimum Gasteiger partial charge on any atom is -0.507 e. The number of phenolic OH excluding ortho intramolecular Hbond substituents is 1. The number of halogens is 1. The second kappa shape index (κ2) is 6.06. The van der Waals surface area contributed by atoms with E-state index in [1.165, 1.54) is 24.4 Å². The Balaban J connectivity index is 2.09. The van der Waals surface area contributed by atoms with Gasteiger partial charge in [0.15, 0.2) is 0 Å². The highest BCUT2D eigenvalue weighted by Gasteiger charge is 2.09. The van der Waals surface area contributed by atoms with Gasteiger partial charge in [-0.1, -0.05) is 41.9 Å². The molecule has 0 atom stereocenters. The van der Waals surface area contributed by atoms with Gasteiger partial charge >= 0.3 is 0 Å². The minimum absolute atomic E-state index is 0.0778. The fraction of sp³-hybridized carbons (Fsp3) is 0. The van der Waals surface area contributed by atoms with Crippen molar-refractivity contribution in [1.29, 1.82) is 0 Å². The van der Waals surface area contributed by atoms with Crippen LogP contribution in [0.3, 0.4) is 0 Å². The van der Waals surface area contributed by atoms with Crippen LogP contribution in [0.4, 0.5) is 11.4 Å². The summed E-state index contributed by atoms with van der Waals surface area (Å²) in [7, 11) is 0. The number of benzene rings is 3. The first-order valence-corrected chi connectivity index (χ1v) is 7.13. The number of hydrogen-bond donors (Lipinski definition) is 1. The Kier molecular flexibility index (Phi) is 3.95. The average molecular weight is 327 g/mol. The number of aliphatic imine (C=N–C) groups is 1. The third-order valence-electron chi connectivity index (χ3n) is 3.42. The van der Waals surface area contributed by atoms with Crippen LogP contribution in [0.1, 0.15) is 5.56 Å². The number of fused-ring (bicyclic) bond motifs is 1. The van der Waals surface area contributed by atoms with E-state index >= 15 is 0 Å². The van der Waals surface area contributed by atoms with E-state index < -0.39 is 4.92 Å². The zero-order valence-electron chi connectivity index (χ0n) is 11.8. The Labute approximate surface area is 136 Å². The molecule has 3 aromatic rings. The van der Waals surface area contributed by atoms with Gasteiger partial charge in [0.25, 0.3) is 5.69 Å². The van der Waals surface area contributed by atoms with Gasteiger partial charge in [-0.2, -0.15) is 0 Å². The number of nitro groups is 1. The highest BCUT2D eigenvalue weighted by molar-refractivity contribution is 6.33. The van der Waals surface area contributed by atoms with Crippen LogP contribution in [0.5, 0.6) is 5.75 Å². The van der Waals surface area contributed by atoms with Crippen molar-refractivity contribution >= 4 is 40.0 Å². The molecule has 0 aromatic heterocycles. The highest BCUT2D eigenvalue weighted by atomic mass is 35.5. The summed E-state index contributed by atoms with van der Waals surface area (Å²) in [5, 5.41) is 23.0. The first-order chi connectivity index (χ1) is 11.1. The molecule has 0 heterocycles. The lowest BCUT2D eigenvalue weighted by Crippen LogP contribution is -1.88. The lowest BCUT2D eigenvalue weighted by Gasteiger charge is -2.05. The predicted molar refractivity (Wildman–Crippen MR) is 91.0 cm³/mol. The van der Waals surface area contributed by atoms with Gasteiger partial charge in [0.05, 0.1) is 15.6 Å². The molecule has 0 unspecified atom stereocenters. The second-order valence-corrected chi connectivity index (χ2v) is 5.28. The van der Waals surface area contributed by atoms with Gasteiger partial charge in [0.1, 0.15) is 5.75 Å². The summed E-state index contributed by atoms with van der Waals surface area (Å²) in [6.45, 7) is 0. The molecule has 0 saturated carbocycles. The SMILES string of the molecule is O=[N+]([O-])c1ccc(Cl)c(N=Cc2c(O)ccc3ccccc23)c1. The summed E-state index contributed by atoms with van der Waals surface area (Å²) in [5.74, 6) is 0.0778. The molecule has 0 aliphatic heterocycles. The monoisotopic (exact) mass is 326 g/mol. The zero-order valence-corrected chi connectivity index (χ0v) is 12.6. The molecule has 3 aromatic carbocycles. The van der Waals surface area contributed by atoms with Crippen molar-refractivity contribution in [3.63, 3.8) is 0 Å². The quantitative estimate of drug-likeness (QED) is 0.424. The van der Waals surface area contributed by atoms with Crippen molar-refractivity contribution in [3.05, 3.63) is 75.3 Å². The van der Waals surface area contributed by atoms with Crippen molar-refractivity contribution in [2.24, 2.45) is 4.99 Å². The molecule has 114 valence electrons. The van der Waals surface area contributed by atoms with Gasteiger partial charge in [-0.25, -0.2) is 0 Å². The molecule has 6 heteroatoms. The first kappa shape index (κ1) is 15.0. The van der Waals surface area contributed by atoms with E-state index in [-0.39, 0.29) is 17.1 Å². The van der Waals surface area contributed by atoms with Crippen molar-refractivity contribution in [2.45, 2.75) is 0 Å². The number of nitro benzene ring substituents is 1. The van der Waals surface area contributed by atoms with E-state index in [0.29, 0.717) is 10.6 Å². The third-order valence-corrected chi connectivity index (χ3v) is 3.74. The number of hydrogen-bond acceptors (Lipinski definition) is 4. The number of phenols is 1. The molecule has 0 bridgehead atoms. The molecule has 1 N–H and O–H groups in total. The number of aromatic hydroxyl groups is 1. The molecule has 0 amide bonds. The maximum Gasteiger partial charge on any atom is 0.271 e. The van der Waals surface area contributed by atoms with Gasteiger partial charge in [0.2, 0.25) is 0 Å². The van der Waals surface area contributed by atoms with Crippen molar-refractivity contribution in [3.8, 4) is 5.75 Å². The third kappa shape index (κ3) is 3.00. The predicted octanol–water partition coefficient (Wildman–Crippen LogP) is 4.86. The van der Waals surface area contributed by atoms with E-state index in [9.17, 15) is 15.2 Å². The van der Waals surface area contributed by atoms with E-state index in [1.807, 2.05) is 30.3 Å². The zero-order chi connectivity index (χ0) is 16.4. The minimum atomic E-state index is -0.509. The Morgan fingerprint density at radius 2 is 1.91 bits per heavy atom. The smallest absolute Gasteiger partial charge is 0.271 e. The van der Waals surface area contributed by atoms with Crippen molar-refractivity contribution in [2.75, 3.05) is 0 Å². The molecule has 0 fully saturated rings. The summed E-state index contributed by atoms with van der Waals surface area (Å²) >= 11 is 6.03. The Morgan fingerprint density at radius 1 is 1.13 bits per heavy atom. The lowest BCUT2D eigenvalue weighted by atomic mass is 10.0. The molecule has 0 aliphatic rings. The van der Waals surface area contributed by atoms with Gasteiger partial charge in [-0.3, -0.25) is 15.1 Å². The number of non-ortho nitro benzene ring substituents is 1. The molecule has 0 spiro atoms. The van der Waals surface area contributed by atoms with Gasteiger partial charge in [-0.15, -0.1) is 0 Å². The second-order valence-electron chi connectivity index (χ2n) is 4.87. The van der Waals surface area contributed by atoms with Crippen LogP contribution in [-0.4, -0.2) is 16.2 Å². The largest absolute Gasteiger partial charge is 0.507 e. The molecule has 3 rings (SSSR count). The maximum absolute atomic E-state index is 10.8. The fourth-order valence-electron chi connectivity index (χ4n) is 2.27. The lowest BCUT2D eigenvalue weighted by molar-refractivity contribution is -0.384. The van der Waals surface area contributed by atoms with Crippen LogP contribution in [0.2, 0.25) is 5.02 Å². The van der Waals surface area contributed by atoms with Gasteiger partial charge < -0.3 is 5.11 Å². The van der Waals surface area contributed by atoms with Gasteiger partial charge in [-0.05, 0) is 22.9 Å². The van der Waals surface area contributed by atoms with E-state index in [1.54, 1.807) is 6.07 Å². The average Bonchev–Trinajstić information content (AvgIpc) is 2.55. The molecular weight excluding hydrogens is 316 g/mol. The van der Waals surface area contributed by atoms with E-state index in [2.05, 4.69) is 4.99 Å². The Morgan fingerprint density at radius 3 is 2.70 bits per heavy atom. The van der Waals surface area contributed by atoms with Crippen LogP contribution in [0.25, 0.3) is 10.8 Å². The van der Waals surface area contributed by atoms with E-state index in [4.69, 9.17) is 11.6 Å². The Bertz CT molecular complexity index is 938. The molecule has 0 aliphatic carbocycles. The fourth-order valence-corrected chi connectivity index (χ4v) is 2.43. The topological polar surface area (TPSA) is 75.7 Å². The Hall–Kier alpha value is -2.92. The van der Waals surface area contributed by atoms with E-state index in [0.717, 1.165) is 10.8 Å². The van der Waals surface area contributed by atoms with Crippen LogP contribution in [0.15, 0.2) is 59.6 Å². The molecular formula is C17H11ClN2O3. The summed E-state index contributed by atoms with van der Waals surface area (Å²) < 4.78 is 0. The van der Waals surface area contributed by atoms with Crippen LogP contribution < -0.4 is 0 Å². The summed E-state index contributed by atoms with van der Waals surface area (Å²) in [6, 6.07) is 15.0. The number of nitrogens with zero attached hydrogens (tertiary/aromatic N) is 2. The van der Waals surface area contributed by atoms with Crippen LogP contribution in [-0.2, 0) is 0 Å². The molecule has 0 saturated heterocycles. The molecule has 5 nitrogen and oxygen atoms in total. The summed E-state index contributed by atoms with van der Waals surface area (Å²) in [5.41, 5.74) is 0.711.